The number of hydrogen-bond acceptors (Lipinski definition) is 3. The first-order valence-electron chi connectivity index (χ1n) is 9.38. The van der Waals surface area contributed by atoms with Crippen molar-refractivity contribution in [2.24, 2.45) is 0 Å². The van der Waals surface area contributed by atoms with E-state index in [1.165, 1.54) is 0 Å². The van der Waals surface area contributed by atoms with Crippen molar-refractivity contribution < 1.29 is 9.59 Å². The van der Waals surface area contributed by atoms with Gasteiger partial charge in [-0.1, -0.05) is 84.9 Å². The topological polar surface area (TPSA) is 37.4 Å². The molecule has 142 valence electrons. The Bertz CT molecular complexity index is 947. The van der Waals surface area contributed by atoms with Crippen LogP contribution >= 0.6 is 0 Å². The molecule has 3 rings (SSSR count). The molecule has 0 aliphatic rings. The smallest absolute Gasteiger partial charge is 0.193 e. The van der Waals surface area contributed by atoms with E-state index in [-0.39, 0.29) is 11.6 Å². The fourth-order valence-corrected chi connectivity index (χ4v) is 3.27. The quantitative estimate of drug-likeness (QED) is 0.567. The van der Waals surface area contributed by atoms with Crippen molar-refractivity contribution in [1.29, 1.82) is 0 Å². The van der Waals surface area contributed by atoms with E-state index < -0.39 is 5.54 Å². The number of hydrogen-bond donors (Lipinski definition) is 0. The third-order valence-electron chi connectivity index (χ3n) is 5.31. The molecule has 0 aliphatic carbocycles. The minimum absolute atomic E-state index is 0.00267. The van der Waals surface area contributed by atoms with Gasteiger partial charge in [-0.15, -0.1) is 0 Å². The molecule has 0 aliphatic heterocycles. The first-order valence-corrected chi connectivity index (χ1v) is 9.38. The van der Waals surface area contributed by atoms with Gasteiger partial charge in [-0.3, -0.25) is 14.5 Å². The zero-order valence-corrected chi connectivity index (χ0v) is 16.6. The minimum atomic E-state index is -0.674. The summed E-state index contributed by atoms with van der Waals surface area (Å²) in [7, 11) is 3.85. The van der Waals surface area contributed by atoms with Gasteiger partial charge in [0.15, 0.2) is 11.6 Å². The Balaban J connectivity index is 1.83. The number of nitrogens with zero attached hydrogens (tertiary/aromatic N) is 1. The molecular formula is C25H25NO2. The van der Waals surface area contributed by atoms with Crippen molar-refractivity contribution in [1.82, 2.24) is 4.90 Å². The lowest BCUT2D eigenvalue weighted by Crippen LogP contribution is -2.50. The van der Waals surface area contributed by atoms with E-state index in [1.807, 2.05) is 111 Å². The minimum Gasteiger partial charge on any atom is -0.297 e. The van der Waals surface area contributed by atoms with Crippen LogP contribution in [-0.4, -0.2) is 36.1 Å². The molecule has 0 fully saturated rings. The summed E-state index contributed by atoms with van der Waals surface area (Å²) in [4.78, 5) is 27.7. The van der Waals surface area contributed by atoms with E-state index in [1.54, 1.807) is 0 Å². The van der Waals surface area contributed by atoms with Crippen LogP contribution in [0, 0.1) is 0 Å². The van der Waals surface area contributed by atoms with Crippen molar-refractivity contribution in [2.45, 2.75) is 18.9 Å². The van der Waals surface area contributed by atoms with Gasteiger partial charge in [0.2, 0.25) is 0 Å². The molecule has 0 saturated heterocycles. The molecule has 0 saturated carbocycles. The molecule has 0 bridgehead atoms. The van der Waals surface area contributed by atoms with Crippen molar-refractivity contribution in [3.8, 4) is 0 Å². The zero-order valence-electron chi connectivity index (χ0n) is 16.6. The predicted octanol–water partition coefficient (Wildman–Crippen LogP) is 4.66. The summed E-state index contributed by atoms with van der Waals surface area (Å²) in [5.41, 5.74) is 2.37. The monoisotopic (exact) mass is 371 g/mol. The maximum Gasteiger partial charge on any atom is 0.193 e. The van der Waals surface area contributed by atoms with Gasteiger partial charge in [0, 0.05) is 16.7 Å². The largest absolute Gasteiger partial charge is 0.297 e. The molecule has 0 heterocycles. The molecule has 0 radical (unpaired) electrons. The number of benzene rings is 3. The average Bonchev–Trinajstić information content (AvgIpc) is 2.74. The molecule has 0 amide bonds. The second-order valence-corrected chi connectivity index (χ2v) is 7.43. The van der Waals surface area contributed by atoms with Crippen LogP contribution in [0.2, 0.25) is 0 Å². The fraction of sp³-hybridized carbons (Fsp3) is 0.200. The Hall–Kier alpha value is -3.04. The van der Waals surface area contributed by atoms with Crippen molar-refractivity contribution in [3.05, 3.63) is 107 Å². The van der Waals surface area contributed by atoms with E-state index in [0.29, 0.717) is 23.1 Å². The lowest BCUT2D eigenvalue weighted by atomic mass is 9.84. The van der Waals surface area contributed by atoms with E-state index in [9.17, 15) is 9.59 Å². The number of rotatable bonds is 7. The van der Waals surface area contributed by atoms with E-state index in [4.69, 9.17) is 0 Å². The van der Waals surface area contributed by atoms with E-state index in [0.717, 1.165) is 5.56 Å². The van der Waals surface area contributed by atoms with Crippen LogP contribution < -0.4 is 0 Å². The molecule has 3 aromatic rings. The van der Waals surface area contributed by atoms with Crippen LogP contribution in [0.1, 0.15) is 38.8 Å². The van der Waals surface area contributed by atoms with Crippen LogP contribution in [0.5, 0.6) is 0 Å². The Labute approximate surface area is 166 Å². The maximum atomic E-state index is 13.2. The van der Waals surface area contributed by atoms with Crippen LogP contribution in [0.3, 0.4) is 0 Å². The van der Waals surface area contributed by atoms with Gasteiger partial charge < -0.3 is 0 Å². The summed E-state index contributed by atoms with van der Waals surface area (Å²) in [5.74, 6) is 0.0884. The predicted molar refractivity (Wildman–Crippen MR) is 113 cm³/mol. The number of ketones is 2. The normalized spacial score (nSPS) is 13.1. The Morgan fingerprint density at radius 3 is 1.68 bits per heavy atom. The molecule has 0 aromatic heterocycles. The number of carbonyl (C=O) groups is 2. The zero-order chi connectivity index (χ0) is 20.1. The molecule has 3 aromatic carbocycles. The van der Waals surface area contributed by atoms with Crippen LogP contribution in [-0.2, 0) is 6.42 Å². The van der Waals surface area contributed by atoms with E-state index in [2.05, 4.69) is 0 Å². The molecule has 1 atom stereocenters. The third-order valence-corrected chi connectivity index (χ3v) is 5.31. The Morgan fingerprint density at radius 1 is 0.714 bits per heavy atom. The fourth-order valence-electron chi connectivity index (χ4n) is 3.27. The highest BCUT2D eigenvalue weighted by Crippen LogP contribution is 2.24. The first kappa shape index (κ1) is 19.7. The van der Waals surface area contributed by atoms with Gasteiger partial charge in [0.05, 0.1) is 5.54 Å². The summed E-state index contributed by atoms with van der Waals surface area (Å²) >= 11 is 0. The molecule has 1 unspecified atom stereocenters. The Morgan fingerprint density at radius 2 is 1.18 bits per heavy atom. The van der Waals surface area contributed by atoms with Gasteiger partial charge in [-0.25, -0.2) is 0 Å². The number of Topliss-reactive ketones (excluding diaryl/α,β-unsaturated/α-hetero) is 1. The van der Waals surface area contributed by atoms with Crippen LogP contribution in [0.15, 0.2) is 84.9 Å². The van der Waals surface area contributed by atoms with Crippen LogP contribution in [0.25, 0.3) is 0 Å². The maximum absolute atomic E-state index is 13.2. The van der Waals surface area contributed by atoms with Gasteiger partial charge in [0.1, 0.15) is 0 Å². The molecule has 28 heavy (non-hydrogen) atoms. The first-order chi connectivity index (χ1) is 13.4. The molecule has 0 N–H and O–H groups in total. The van der Waals surface area contributed by atoms with Gasteiger partial charge >= 0.3 is 0 Å². The summed E-state index contributed by atoms with van der Waals surface area (Å²) in [6.45, 7) is 1.96. The molecule has 3 nitrogen and oxygen atoms in total. The van der Waals surface area contributed by atoms with Crippen molar-refractivity contribution >= 4 is 11.6 Å². The second kappa shape index (κ2) is 8.32. The highest BCUT2D eigenvalue weighted by Gasteiger charge is 2.36. The van der Waals surface area contributed by atoms with Crippen LogP contribution in [0.4, 0.5) is 0 Å². The second-order valence-electron chi connectivity index (χ2n) is 7.43. The lowest BCUT2D eigenvalue weighted by Gasteiger charge is -2.35. The number of likely N-dealkylation sites (N-methyl/N-ethyl adjacent to an activating group) is 1. The van der Waals surface area contributed by atoms with Gasteiger partial charge in [-0.05, 0) is 33.0 Å². The van der Waals surface area contributed by atoms with Crippen molar-refractivity contribution in [2.75, 3.05) is 14.1 Å². The van der Waals surface area contributed by atoms with Gasteiger partial charge in [-0.2, -0.15) is 0 Å². The third kappa shape index (κ3) is 4.10. The lowest BCUT2D eigenvalue weighted by molar-refractivity contribution is 0.0719. The SMILES string of the molecule is CN(C)C(C)(Cc1ccc(C(=O)c2ccccc2)cc1)C(=O)c1ccccc1. The standard InChI is InChI=1S/C25H25NO2/c1-25(26(2)3,24(28)22-12-8-5-9-13-22)18-19-14-16-21(17-15-19)23(27)20-10-6-4-7-11-20/h4-17H,18H2,1-3H3. The number of carbonyl (C=O) groups excluding carboxylic acids is 2. The average molecular weight is 371 g/mol. The molecular weight excluding hydrogens is 346 g/mol. The summed E-state index contributed by atoms with van der Waals surface area (Å²) < 4.78 is 0. The highest BCUT2D eigenvalue weighted by atomic mass is 16.1. The van der Waals surface area contributed by atoms with Crippen molar-refractivity contribution in [3.63, 3.8) is 0 Å². The molecule has 0 spiro atoms. The summed E-state index contributed by atoms with van der Waals surface area (Å²) in [5, 5.41) is 0. The summed E-state index contributed by atoms with van der Waals surface area (Å²) in [6.07, 6.45) is 0.563. The summed E-state index contributed by atoms with van der Waals surface area (Å²) in [6, 6.07) is 26.2. The molecule has 3 heteroatoms. The Kier molecular flexibility index (Phi) is 5.86. The van der Waals surface area contributed by atoms with Gasteiger partial charge in [0.25, 0.3) is 0 Å². The van der Waals surface area contributed by atoms with E-state index >= 15 is 0 Å². The highest BCUT2D eigenvalue weighted by molar-refractivity contribution is 6.09.